The molecule has 0 amide bonds. The number of rotatable bonds is 6. The number of benzene rings is 4. The van der Waals surface area contributed by atoms with Crippen LogP contribution in [-0.4, -0.2) is 11.7 Å². The van der Waals surface area contributed by atoms with Gasteiger partial charge in [-0.15, -0.1) is 0 Å². The van der Waals surface area contributed by atoms with Gasteiger partial charge in [-0.1, -0.05) is 115 Å². The summed E-state index contributed by atoms with van der Waals surface area (Å²) in [4.78, 5) is 0. The van der Waals surface area contributed by atoms with Gasteiger partial charge in [0.15, 0.2) is 0 Å². The van der Waals surface area contributed by atoms with Crippen molar-refractivity contribution in [2.45, 2.75) is 18.9 Å². The van der Waals surface area contributed by atoms with E-state index in [9.17, 15) is 0 Å². The predicted octanol–water partition coefficient (Wildman–Crippen LogP) is 6.12. The molecule has 0 saturated heterocycles. The minimum absolute atomic E-state index is 0.405. The lowest BCUT2D eigenvalue weighted by atomic mass is 9.93. The molecule has 0 saturated carbocycles. The van der Waals surface area contributed by atoms with Gasteiger partial charge in [-0.25, -0.2) is 0 Å². The van der Waals surface area contributed by atoms with Crippen LogP contribution in [0.25, 0.3) is 0 Å². The fourth-order valence-electron chi connectivity index (χ4n) is 5.04. The van der Waals surface area contributed by atoms with Crippen molar-refractivity contribution >= 4 is 18.7 Å². The Morgan fingerprint density at radius 3 is 1.81 bits per heavy atom. The molecule has 2 unspecified atom stereocenters. The second-order valence-corrected chi connectivity index (χ2v) is 10.6. The number of nitrogens with zero attached hydrogens (tertiary/aromatic N) is 1. The van der Waals surface area contributed by atoms with E-state index in [1.807, 2.05) is 0 Å². The quantitative estimate of drug-likeness (QED) is 0.339. The second kappa shape index (κ2) is 9.18. The van der Waals surface area contributed by atoms with E-state index < -0.39 is 8.07 Å². The van der Waals surface area contributed by atoms with E-state index in [0.29, 0.717) is 12.0 Å². The third kappa shape index (κ3) is 4.22. The fraction of sp³-hybridized carbons (Fsp3) is 0.172. The highest BCUT2D eigenvalue weighted by Gasteiger charge is 2.38. The lowest BCUT2D eigenvalue weighted by Crippen LogP contribution is -2.32. The number of fused-ring (bicyclic) bond motifs is 1. The molecule has 1 nitrogen and oxygen atoms in total. The van der Waals surface area contributed by atoms with Gasteiger partial charge in [0.2, 0.25) is 0 Å². The average molecular weight is 422 g/mol. The summed E-state index contributed by atoms with van der Waals surface area (Å²) in [5.41, 5.74) is 4.45. The third-order valence-electron chi connectivity index (χ3n) is 6.36. The average Bonchev–Trinajstić information content (AvgIpc) is 3.19. The molecule has 2 atom stereocenters. The van der Waals surface area contributed by atoms with Gasteiger partial charge in [0.1, 0.15) is 0 Å². The Labute approximate surface area is 187 Å². The van der Waals surface area contributed by atoms with Gasteiger partial charge < -0.3 is 0 Å². The van der Waals surface area contributed by atoms with Crippen molar-refractivity contribution in [3.8, 4) is 0 Å². The van der Waals surface area contributed by atoms with E-state index in [1.54, 1.807) is 0 Å². The SMILES string of the molecule is CN(C1c2ccccc2CC1Cc1ccccc1)P(c1ccccc1)c1ccccc1. The summed E-state index contributed by atoms with van der Waals surface area (Å²) in [6.07, 6.45) is 2.25. The summed E-state index contributed by atoms with van der Waals surface area (Å²) in [6, 6.07) is 42.6. The smallest absolute Gasteiger partial charge is 0.0424 e. The fourth-order valence-corrected chi connectivity index (χ4v) is 7.54. The van der Waals surface area contributed by atoms with Crippen LogP contribution in [0.3, 0.4) is 0 Å². The molecule has 0 heterocycles. The molecule has 0 spiro atoms. The van der Waals surface area contributed by atoms with Crippen LogP contribution in [0.4, 0.5) is 0 Å². The van der Waals surface area contributed by atoms with E-state index >= 15 is 0 Å². The molecule has 154 valence electrons. The van der Waals surface area contributed by atoms with Crippen molar-refractivity contribution in [1.82, 2.24) is 4.67 Å². The molecular weight excluding hydrogens is 393 g/mol. The maximum Gasteiger partial charge on any atom is 0.0424 e. The summed E-state index contributed by atoms with van der Waals surface area (Å²) in [6.45, 7) is 0. The van der Waals surface area contributed by atoms with Crippen molar-refractivity contribution < 1.29 is 0 Å². The van der Waals surface area contributed by atoms with Gasteiger partial charge in [-0.05, 0) is 53.1 Å². The molecule has 0 N–H and O–H groups in total. The normalized spacial score (nSPS) is 17.8. The molecule has 31 heavy (non-hydrogen) atoms. The number of hydrogen-bond acceptors (Lipinski definition) is 1. The zero-order chi connectivity index (χ0) is 21.0. The number of hydrogen-bond donors (Lipinski definition) is 0. The first-order valence-corrected chi connectivity index (χ1v) is 12.4. The monoisotopic (exact) mass is 421 g/mol. The maximum atomic E-state index is 2.68. The summed E-state index contributed by atoms with van der Waals surface area (Å²) < 4.78 is 2.68. The Morgan fingerprint density at radius 2 is 1.19 bits per heavy atom. The molecule has 4 aromatic rings. The van der Waals surface area contributed by atoms with Crippen LogP contribution in [-0.2, 0) is 12.8 Å². The summed E-state index contributed by atoms with van der Waals surface area (Å²) in [5, 5.41) is 2.82. The van der Waals surface area contributed by atoms with Crippen LogP contribution in [0.2, 0.25) is 0 Å². The van der Waals surface area contributed by atoms with Crippen LogP contribution in [0.15, 0.2) is 115 Å². The van der Waals surface area contributed by atoms with Crippen molar-refractivity contribution in [3.63, 3.8) is 0 Å². The lowest BCUT2D eigenvalue weighted by molar-refractivity contribution is 0.305. The molecule has 5 rings (SSSR count). The molecule has 0 aromatic heterocycles. The highest BCUT2D eigenvalue weighted by Crippen LogP contribution is 2.50. The molecular formula is C29H28NP. The lowest BCUT2D eigenvalue weighted by Gasteiger charge is -2.37. The van der Waals surface area contributed by atoms with Gasteiger partial charge in [0, 0.05) is 14.1 Å². The van der Waals surface area contributed by atoms with Gasteiger partial charge in [-0.2, -0.15) is 0 Å². The standard InChI is InChI=1S/C29H28NP/c1-30(31(26-16-7-3-8-17-26)27-18-9-4-10-19-27)29-25(21-23-13-5-2-6-14-23)22-24-15-11-12-20-28(24)29/h2-20,25,29H,21-22H2,1H3. The van der Waals surface area contributed by atoms with Crippen LogP contribution in [0, 0.1) is 5.92 Å². The Kier molecular flexibility index (Phi) is 5.98. The van der Waals surface area contributed by atoms with Crippen LogP contribution < -0.4 is 10.6 Å². The van der Waals surface area contributed by atoms with E-state index in [0.717, 1.165) is 12.8 Å². The largest absolute Gasteiger partial charge is 0.270 e. The van der Waals surface area contributed by atoms with E-state index in [-0.39, 0.29) is 0 Å². The first-order valence-electron chi connectivity index (χ1n) is 11.1. The summed E-state index contributed by atoms with van der Waals surface area (Å²) in [5.74, 6) is 0.572. The minimum Gasteiger partial charge on any atom is -0.270 e. The van der Waals surface area contributed by atoms with Gasteiger partial charge >= 0.3 is 0 Å². The zero-order valence-corrected chi connectivity index (χ0v) is 18.8. The summed E-state index contributed by atoms with van der Waals surface area (Å²) >= 11 is 0. The molecule has 4 aromatic carbocycles. The van der Waals surface area contributed by atoms with Crippen molar-refractivity contribution in [3.05, 3.63) is 132 Å². The van der Waals surface area contributed by atoms with Crippen molar-refractivity contribution in [2.24, 2.45) is 5.92 Å². The Bertz CT molecular complexity index is 1070. The Hall–Kier alpha value is -2.73. The topological polar surface area (TPSA) is 3.24 Å². The Balaban J connectivity index is 1.56. The molecule has 1 aliphatic rings. The zero-order valence-electron chi connectivity index (χ0n) is 17.9. The second-order valence-electron chi connectivity index (χ2n) is 8.35. The summed E-state index contributed by atoms with van der Waals surface area (Å²) in [7, 11) is 1.73. The van der Waals surface area contributed by atoms with Crippen molar-refractivity contribution in [1.29, 1.82) is 0 Å². The molecule has 0 aliphatic heterocycles. The maximum absolute atomic E-state index is 2.68. The molecule has 1 aliphatic carbocycles. The van der Waals surface area contributed by atoms with Crippen LogP contribution in [0.5, 0.6) is 0 Å². The highest BCUT2D eigenvalue weighted by atomic mass is 31.1. The molecule has 2 heteroatoms. The molecule has 0 radical (unpaired) electrons. The van der Waals surface area contributed by atoms with E-state index in [2.05, 4.69) is 127 Å². The molecule has 0 fully saturated rings. The van der Waals surface area contributed by atoms with Crippen LogP contribution in [0.1, 0.15) is 22.7 Å². The molecule has 0 bridgehead atoms. The van der Waals surface area contributed by atoms with E-state index in [4.69, 9.17) is 0 Å². The predicted molar refractivity (Wildman–Crippen MR) is 133 cm³/mol. The van der Waals surface area contributed by atoms with E-state index in [1.165, 1.54) is 27.3 Å². The Morgan fingerprint density at radius 1 is 0.677 bits per heavy atom. The van der Waals surface area contributed by atoms with Crippen LogP contribution >= 0.6 is 8.07 Å². The van der Waals surface area contributed by atoms with Gasteiger partial charge in [0.25, 0.3) is 0 Å². The first kappa shape index (κ1) is 20.2. The van der Waals surface area contributed by atoms with Gasteiger partial charge in [-0.3, -0.25) is 4.67 Å². The van der Waals surface area contributed by atoms with Crippen molar-refractivity contribution in [2.75, 3.05) is 7.05 Å². The highest BCUT2D eigenvalue weighted by molar-refractivity contribution is 7.70. The third-order valence-corrected chi connectivity index (χ3v) is 8.82. The van der Waals surface area contributed by atoms with Gasteiger partial charge in [0.05, 0.1) is 0 Å². The first-order chi connectivity index (χ1) is 15.3. The minimum atomic E-state index is -0.615.